The van der Waals surface area contributed by atoms with Crippen molar-refractivity contribution < 1.29 is 0 Å². The molecule has 0 fully saturated rings. The van der Waals surface area contributed by atoms with Crippen LogP contribution in [0.25, 0.3) is 87.7 Å². The Morgan fingerprint density at radius 3 is 1.08 bits per heavy atom. The quantitative estimate of drug-likeness (QED) is 0.0371. The second kappa shape index (κ2) is 37.4. The van der Waals surface area contributed by atoms with Crippen LogP contribution in [0.1, 0.15) is 86.9 Å². The number of nitrogens with one attached hydrogen (secondary N) is 2. The number of imidazole rings is 4. The molecule has 0 aliphatic carbocycles. The molecule has 0 saturated carbocycles. The van der Waals surface area contributed by atoms with Crippen LogP contribution < -0.4 is 41.7 Å². The molecule has 0 unspecified atom stereocenters. The van der Waals surface area contributed by atoms with Gasteiger partial charge in [0.05, 0.1) is 44.1 Å². The summed E-state index contributed by atoms with van der Waals surface area (Å²) in [6.45, 7) is 37.4. The largest absolute Gasteiger partial charge is 0.382 e. The summed E-state index contributed by atoms with van der Waals surface area (Å²) in [4.78, 5) is 47.6. The predicted octanol–water partition coefficient (Wildman–Crippen LogP) is 20.1. The molecule has 0 bridgehead atoms. The molecule has 20 heteroatoms. The van der Waals surface area contributed by atoms with Crippen molar-refractivity contribution in [3.63, 3.8) is 0 Å². The third kappa shape index (κ3) is 18.2. The number of anilines is 8. The van der Waals surface area contributed by atoms with Crippen LogP contribution in [0.4, 0.5) is 47.1 Å². The van der Waals surface area contributed by atoms with Gasteiger partial charge in [-0.05, 0) is 64.6 Å². The van der Waals surface area contributed by atoms with E-state index in [0.717, 1.165) is 182 Å². The van der Waals surface area contributed by atoms with E-state index in [2.05, 4.69) is 292 Å². The summed E-state index contributed by atoms with van der Waals surface area (Å²) >= 11 is 0. The Morgan fingerprint density at radius 2 is 0.688 bits per heavy atom. The third-order valence-corrected chi connectivity index (χ3v) is 19.0. The summed E-state index contributed by atoms with van der Waals surface area (Å²) < 4.78 is 9.16. The van der Waals surface area contributed by atoms with E-state index in [1.807, 2.05) is 80.9 Å². The number of nitrogens with two attached hydrogens (primary N) is 2. The number of hydrogen-bond donors (Lipinski definition) is 4. The monoisotopic (exact) mass is 1500 g/mol. The number of benzene rings is 7. The van der Waals surface area contributed by atoms with Crippen molar-refractivity contribution in [1.82, 2.24) is 58.1 Å². The molecule has 0 radical (unpaired) electrons. The van der Waals surface area contributed by atoms with Crippen LogP contribution in [0, 0.1) is 23.7 Å². The van der Waals surface area contributed by atoms with E-state index >= 15 is 0 Å². The maximum atomic E-state index is 6.18. The highest BCUT2D eigenvalue weighted by Crippen LogP contribution is 2.39. The lowest BCUT2D eigenvalue weighted by Crippen LogP contribution is -2.23. The second-order valence-corrected chi connectivity index (χ2v) is 29.9. The second-order valence-electron chi connectivity index (χ2n) is 29.9. The first-order valence-corrected chi connectivity index (χ1v) is 38.2. The van der Waals surface area contributed by atoms with E-state index in [0.29, 0.717) is 41.9 Å². The van der Waals surface area contributed by atoms with Crippen LogP contribution >= 0.6 is 0 Å². The van der Waals surface area contributed by atoms with Crippen molar-refractivity contribution in [3.05, 3.63) is 243 Å². The molecule has 15 rings (SSSR count). The van der Waals surface area contributed by atoms with Crippen molar-refractivity contribution >= 4 is 135 Å². The molecule has 15 aromatic rings. The van der Waals surface area contributed by atoms with Crippen LogP contribution in [0.15, 0.2) is 226 Å². The average Bonchev–Trinajstić information content (AvgIpc) is 1.61. The average molecular weight is 1500 g/mol. The Kier molecular flexibility index (Phi) is 27.4. The van der Waals surface area contributed by atoms with Gasteiger partial charge in [0.15, 0.2) is 23.3 Å². The lowest BCUT2D eigenvalue weighted by atomic mass is 10.1. The molecule has 0 spiro atoms. The minimum atomic E-state index is 0. The van der Waals surface area contributed by atoms with Gasteiger partial charge >= 0.3 is 0 Å². The highest BCUT2D eigenvalue weighted by atomic mass is 15.3. The Hall–Kier alpha value is -12.3. The molecule has 0 amide bonds. The van der Waals surface area contributed by atoms with Gasteiger partial charge in [-0.15, -0.1) is 19.7 Å². The smallest absolute Gasteiger partial charge is 0.206 e. The Morgan fingerprint density at radius 1 is 0.375 bits per heavy atom. The summed E-state index contributed by atoms with van der Waals surface area (Å²) in [6.07, 6.45) is 5.70. The van der Waals surface area contributed by atoms with Gasteiger partial charge in [-0.3, -0.25) is 0 Å². The maximum absolute atomic E-state index is 6.18. The first-order chi connectivity index (χ1) is 53.3. The van der Waals surface area contributed by atoms with Gasteiger partial charge in [0, 0.05) is 115 Å². The number of fused-ring (bicyclic) bond motifs is 12. The number of para-hydroxylation sites is 4. The summed E-state index contributed by atoms with van der Waals surface area (Å²) in [5.74, 6) is 8.30. The maximum Gasteiger partial charge on any atom is 0.206 e. The highest BCUT2D eigenvalue weighted by molar-refractivity contribution is 6.11. The van der Waals surface area contributed by atoms with E-state index in [1.54, 1.807) is 0 Å². The van der Waals surface area contributed by atoms with Crippen molar-refractivity contribution in [3.8, 4) is 0 Å². The first-order valence-electron chi connectivity index (χ1n) is 38.2. The number of nitrogen functional groups attached to an aromatic ring is 2. The molecule has 7 aromatic carbocycles. The van der Waals surface area contributed by atoms with Crippen LogP contribution in [0.2, 0.25) is 0 Å². The fourth-order valence-corrected chi connectivity index (χ4v) is 14.3. The van der Waals surface area contributed by atoms with Crippen LogP contribution in [-0.2, 0) is 45.8 Å². The summed E-state index contributed by atoms with van der Waals surface area (Å²) in [5, 5.41) is 11.1. The first kappa shape index (κ1) is 82.2. The lowest BCUT2D eigenvalue weighted by Gasteiger charge is -2.25. The number of rotatable bonds is 26. The summed E-state index contributed by atoms with van der Waals surface area (Å²) in [5.41, 5.74) is 27.5. The molecule has 0 aliphatic heterocycles. The molecule has 6 N–H and O–H groups in total. The molecule has 20 nitrogen and oxygen atoms in total. The number of hydrogen-bond acceptors (Lipinski definition) is 16. The predicted molar refractivity (Wildman–Crippen MR) is 478 cm³/mol. The number of aromatic nitrogens is 12. The number of nitrogens with zero attached hydrogens (tertiary/aromatic N) is 16. The van der Waals surface area contributed by atoms with Crippen molar-refractivity contribution in [1.29, 1.82) is 0 Å². The van der Waals surface area contributed by atoms with Gasteiger partial charge in [-0.1, -0.05) is 252 Å². The molecule has 112 heavy (non-hydrogen) atoms. The SMILES string of the molecule is C.C.C=CCN(C)c1nc2c(N(Cc3ccccc3)Cc3ccccc3)nc3ccccc3c2n1CC(C)C.C=CCN(C)c1nc2c(N)nc3ccccc3c2n1CC(C)C.C=CCN(C)c1nc2c(NCc3ccccc3)nc3ccccc3c2n1CC(C)C.CNc1nc2c(N)nc3ccccc3c2n1CC(C)C. The zero-order valence-electron chi connectivity index (χ0n) is 65.9. The Labute approximate surface area is 661 Å². The van der Waals surface area contributed by atoms with Crippen molar-refractivity contribution in [2.24, 2.45) is 23.7 Å². The fourth-order valence-electron chi connectivity index (χ4n) is 14.3. The Balaban J connectivity index is 0.000000162. The standard InChI is InChI=1S/C32H35N5.C25H29N5.C18H23N5.C15H19N5.2CH4/c1-5-20-35(4)32-34-29-30(37(32)21-24(2)3)27-18-12-13-19-28(27)33-31(29)36(22-25-14-8-6-9-15-25)23-26-16-10-7-11-17-26;1-5-15-29(4)25-28-22-23(30(25)17-18(2)3)20-13-9-10-14-21(20)27-24(22)26-16-19-11-7-6-8-12-19;1-5-10-22(4)18-21-15-16(23(18)11-12(2)3)13-8-6-7-9-14(13)20-17(15)19;1-9(2)8-20-13-10-6-4-5-7-11(10)18-14(16)12(13)19-15(20)17-3;;/h5-19,24H,1,20-23H2,2-4H3;5-14,18H,1,15-17H2,2-4H3,(H,26,27);5-9,12H,1,10-11H2,2-4H3,(H2,19,20);4-7,9H,8H2,1-3H3,(H2,16,18)(H,17,19);2*1H4. The zero-order chi connectivity index (χ0) is 77.7. The van der Waals surface area contributed by atoms with Crippen LogP contribution in [0.3, 0.4) is 0 Å². The lowest BCUT2D eigenvalue weighted by molar-refractivity contribution is 0.532. The van der Waals surface area contributed by atoms with E-state index < -0.39 is 0 Å². The highest BCUT2D eigenvalue weighted by Gasteiger charge is 2.27. The third-order valence-electron chi connectivity index (χ3n) is 19.0. The number of likely N-dealkylation sites (N-methyl/N-ethyl adjacent to an activating group) is 3. The van der Waals surface area contributed by atoms with E-state index in [-0.39, 0.29) is 14.9 Å². The van der Waals surface area contributed by atoms with Crippen LogP contribution in [0.5, 0.6) is 0 Å². The van der Waals surface area contributed by atoms with E-state index in [9.17, 15) is 0 Å². The van der Waals surface area contributed by atoms with Gasteiger partial charge in [0.25, 0.3) is 0 Å². The number of pyridine rings is 4. The van der Waals surface area contributed by atoms with E-state index in [4.69, 9.17) is 36.4 Å². The fraction of sp³-hybridized carbons (Fsp3) is 0.304. The van der Waals surface area contributed by atoms with Gasteiger partial charge in [-0.2, -0.15) is 0 Å². The van der Waals surface area contributed by atoms with Crippen LogP contribution in [-0.4, -0.2) is 106 Å². The normalized spacial score (nSPS) is 11.2. The summed E-state index contributed by atoms with van der Waals surface area (Å²) in [6, 6.07) is 64.5. The minimum absolute atomic E-state index is 0. The molecule has 0 aliphatic rings. The molecular formula is C92H114N20. The molecule has 8 heterocycles. The van der Waals surface area contributed by atoms with E-state index in [1.165, 1.54) is 16.7 Å². The Bertz CT molecular complexity index is 5620. The zero-order valence-corrected chi connectivity index (χ0v) is 65.9. The van der Waals surface area contributed by atoms with Gasteiger partial charge in [0.2, 0.25) is 23.8 Å². The van der Waals surface area contributed by atoms with Gasteiger partial charge in [-0.25, -0.2) is 39.9 Å². The summed E-state index contributed by atoms with van der Waals surface area (Å²) in [7, 11) is 8.04. The van der Waals surface area contributed by atoms with Gasteiger partial charge < -0.3 is 60.0 Å². The molecule has 582 valence electrons. The minimum Gasteiger partial charge on any atom is -0.382 e. The molecule has 0 saturated heterocycles. The topological polar surface area (TPSA) is 212 Å². The molecule has 0 atom stereocenters. The van der Waals surface area contributed by atoms with Gasteiger partial charge in [0.1, 0.15) is 22.1 Å². The van der Waals surface area contributed by atoms with Crippen molar-refractivity contribution in [2.45, 2.75) is 116 Å². The van der Waals surface area contributed by atoms with Crippen molar-refractivity contribution in [2.75, 3.05) is 89.5 Å². The molecule has 8 aromatic heterocycles. The molecular weight excluding hydrogens is 1390 g/mol.